The summed E-state index contributed by atoms with van der Waals surface area (Å²) in [4.78, 5) is 28.3. The Kier molecular flexibility index (Phi) is 5.51. The van der Waals surface area contributed by atoms with Crippen LogP contribution in [0.3, 0.4) is 0 Å². The van der Waals surface area contributed by atoms with E-state index in [-0.39, 0.29) is 30.3 Å². The van der Waals surface area contributed by atoms with Crippen molar-refractivity contribution in [2.45, 2.75) is 38.8 Å². The third-order valence-electron chi connectivity index (χ3n) is 4.34. The quantitative estimate of drug-likeness (QED) is 0.806. The van der Waals surface area contributed by atoms with Gasteiger partial charge in [0.15, 0.2) is 0 Å². The van der Waals surface area contributed by atoms with Crippen LogP contribution in [0.4, 0.5) is 4.39 Å². The van der Waals surface area contributed by atoms with E-state index in [1.54, 1.807) is 6.92 Å². The van der Waals surface area contributed by atoms with Gasteiger partial charge in [0.25, 0.3) is 5.91 Å². The second-order valence-corrected chi connectivity index (χ2v) is 7.37. The average molecular weight is 378 g/mol. The standard InChI is InChI=1S/C18H19FN2O4S/c1-10-16(17(22)21-13-5-2-11(8-13)18(23)24)26-15(20-10)9-25-14-6-3-12(19)4-7-14/h3-4,6-7,11,13H,2,5,8-9H2,1H3,(H,21,22)(H,23,24)/t11-,13+/m0/s1. The van der Waals surface area contributed by atoms with Gasteiger partial charge >= 0.3 is 5.97 Å². The summed E-state index contributed by atoms with van der Waals surface area (Å²) < 4.78 is 18.4. The lowest BCUT2D eigenvalue weighted by molar-refractivity contribution is -0.141. The summed E-state index contributed by atoms with van der Waals surface area (Å²) in [5.74, 6) is -1.24. The van der Waals surface area contributed by atoms with E-state index < -0.39 is 5.97 Å². The number of nitrogens with one attached hydrogen (secondary N) is 1. The number of nitrogens with zero attached hydrogens (tertiary/aromatic N) is 1. The summed E-state index contributed by atoms with van der Waals surface area (Å²) in [6, 6.07) is 5.56. The molecule has 2 aromatic rings. The fraction of sp³-hybridized carbons (Fsp3) is 0.389. The molecule has 2 N–H and O–H groups in total. The summed E-state index contributed by atoms with van der Waals surface area (Å²) in [6.45, 7) is 1.94. The number of aliphatic carboxylic acids is 1. The van der Waals surface area contributed by atoms with Crippen molar-refractivity contribution in [1.29, 1.82) is 0 Å². The number of hydrogen-bond acceptors (Lipinski definition) is 5. The molecule has 0 radical (unpaired) electrons. The van der Waals surface area contributed by atoms with E-state index in [0.717, 1.165) is 0 Å². The van der Waals surface area contributed by atoms with Crippen molar-refractivity contribution in [3.8, 4) is 5.75 Å². The fourth-order valence-corrected chi connectivity index (χ4v) is 3.87. The third-order valence-corrected chi connectivity index (χ3v) is 5.47. The second-order valence-electron chi connectivity index (χ2n) is 6.28. The van der Waals surface area contributed by atoms with Crippen molar-refractivity contribution < 1.29 is 23.8 Å². The maximum absolute atomic E-state index is 12.9. The molecule has 1 saturated carbocycles. The largest absolute Gasteiger partial charge is 0.486 e. The molecule has 1 heterocycles. The van der Waals surface area contributed by atoms with Crippen LogP contribution in [0, 0.1) is 18.7 Å². The molecule has 0 bridgehead atoms. The minimum absolute atomic E-state index is 0.121. The summed E-state index contributed by atoms with van der Waals surface area (Å²) in [5.41, 5.74) is 0.609. The second kappa shape index (κ2) is 7.82. The lowest BCUT2D eigenvalue weighted by Crippen LogP contribution is -2.33. The first-order chi connectivity index (χ1) is 12.4. The number of ether oxygens (including phenoxy) is 1. The summed E-state index contributed by atoms with van der Waals surface area (Å²) in [5, 5.41) is 12.6. The first-order valence-electron chi connectivity index (χ1n) is 8.30. The van der Waals surface area contributed by atoms with Crippen molar-refractivity contribution in [3.05, 3.63) is 45.7 Å². The number of carboxylic acid groups (broad SMARTS) is 1. The van der Waals surface area contributed by atoms with Gasteiger partial charge in [-0.25, -0.2) is 9.37 Å². The zero-order valence-electron chi connectivity index (χ0n) is 14.2. The Balaban J connectivity index is 1.58. The molecule has 1 aliphatic carbocycles. The van der Waals surface area contributed by atoms with Crippen molar-refractivity contribution in [2.75, 3.05) is 0 Å². The molecule has 26 heavy (non-hydrogen) atoms. The van der Waals surface area contributed by atoms with E-state index in [9.17, 15) is 14.0 Å². The number of aromatic nitrogens is 1. The number of thiazole rings is 1. The summed E-state index contributed by atoms with van der Waals surface area (Å²) in [7, 11) is 0. The maximum Gasteiger partial charge on any atom is 0.306 e. The van der Waals surface area contributed by atoms with E-state index >= 15 is 0 Å². The number of aryl methyl sites for hydroxylation is 1. The Bertz CT molecular complexity index is 806. The number of carbonyl (C=O) groups excluding carboxylic acids is 1. The van der Waals surface area contributed by atoms with Gasteiger partial charge in [-0.05, 0) is 50.5 Å². The first kappa shape index (κ1) is 18.3. The van der Waals surface area contributed by atoms with Crippen LogP contribution >= 0.6 is 11.3 Å². The molecule has 0 unspecified atom stereocenters. The number of rotatable bonds is 6. The van der Waals surface area contributed by atoms with E-state index in [1.807, 2.05) is 0 Å². The lowest BCUT2D eigenvalue weighted by Gasteiger charge is -2.11. The average Bonchev–Trinajstić information content (AvgIpc) is 3.21. The topological polar surface area (TPSA) is 88.5 Å². The number of carboxylic acids is 1. The minimum atomic E-state index is -0.809. The predicted octanol–water partition coefficient (Wildman–Crippen LogP) is 3.15. The van der Waals surface area contributed by atoms with Gasteiger partial charge < -0.3 is 15.2 Å². The Hall–Kier alpha value is -2.48. The van der Waals surface area contributed by atoms with Crippen LogP contribution < -0.4 is 10.1 Å². The van der Waals surface area contributed by atoms with Gasteiger partial charge in [0.05, 0.1) is 11.6 Å². The molecule has 0 aliphatic heterocycles. The highest BCUT2D eigenvalue weighted by molar-refractivity contribution is 7.13. The Labute approximate surface area is 154 Å². The summed E-state index contributed by atoms with van der Waals surface area (Å²) in [6.07, 6.45) is 1.71. The molecular weight excluding hydrogens is 359 g/mol. The molecule has 1 aromatic carbocycles. The molecule has 138 valence electrons. The smallest absolute Gasteiger partial charge is 0.306 e. The van der Waals surface area contributed by atoms with Gasteiger partial charge in [0, 0.05) is 6.04 Å². The van der Waals surface area contributed by atoms with Gasteiger partial charge in [-0.3, -0.25) is 9.59 Å². The minimum Gasteiger partial charge on any atom is -0.486 e. The molecule has 0 saturated heterocycles. The monoisotopic (exact) mass is 378 g/mol. The molecule has 8 heteroatoms. The molecular formula is C18H19FN2O4S. The zero-order valence-corrected chi connectivity index (χ0v) is 15.0. The molecule has 0 spiro atoms. The maximum atomic E-state index is 12.9. The van der Waals surface area contributed by atoms with Crippen molar-refractivity contribution >= 4 is 23.2 Å². The predicted molar refractivity (Wildman–Crippen MR) is 93.8 cm³/mol. The van der Waals surface area contributed by atoms with Gasteiger partial charge in [-0.1, -0.05) is 0 Å². The van der Waals surface area contributed by atoms with Crippen LogP contribution in [0.25, 0.3) is 0 Å². The lowest BCUT2D eigenvalue weighted by atomic mass is 10.1. The molecule has 1 aliphatic rings. The highest BCUT2D eigenvalue weighted by Gasteiger charge is 2.31. The van der Waals surface area contributed by atoms with Crippen LogP contribution in [0.1, 0.15) is 39.6 Å². The van der Waals surface area contributed by atoms with Gasteiger partial charge in [-0.15, -0.1) is 11.3 Å². The van der Waals surface area contributed by atoms with Gasteiger partial charge in [0.2, 0.25) is 0 Å². The molecule has 1 aromatic heterocycles. The number of hydrogen-bond donors (Lipinski definition) is 2. The number of amides is 1. The normalized spacial score (nSPS) is 19.3. The summed E-state index contributed by atoms with van der Waals surface area (Å²) >= 11 is 1.24. The van der Waals surface area contributed by atoms with E-state index in [2.05, 4.69) is 10.3 Å². The number of benzene rings is 1. The number of halogens is 1. The van der Waals surface area contributed by atoms with Crippen LogP contribution in [0.2, 0.25) is 0 Å². The fourth-order valence-electron chi connectivity index (χ4n) is 2.99. The van der Waals surface area contributed by atoms with E-state index in [1.165, 1.54) is 35.6 Å². The number of carbonyl (C=O) groups is 2. The van der Waals surface area contributed by atoms with Crippen LogP contribution in [-0.2, 0) is 11.4 Å². The molecule has 3 rings (SSSR count). The SMILES string of the molecule is Cc1nc(COc2ccc(F)cc2)sc1C(=O)N[C@@H]1CC[C@H](C(=O)O)C1. The zero-order chi connectivity index (χ0) is 18.7. The van der Waals surface area contributed by atoms with Crippen LogP contribution in [0.15, 0.2) is 24.3 Å². The van der Waals surface area contributed by atoms with Gasteiger partial charge in [-0.2, -0.15) is 0 Å². The van der Waals surface area contributed by atoms with E-state index in [0.29, 0.717) is 40.6 Å². The van der Waals surface area contributed by atoms with Crippen LogP contribution in [0.5, 0.6) is 5.75 Å². The molecule has 1 amide bonds. The third kappa shape index (κ3) is 4.37. The Morgan fingerprint density at radius 3 is 2.73 bits per heavy atom. The molecule has 2 atom stereocenters. The van der Waals surface area contributed by atoms with Crippen molar-refractivity contribution in [2.24, 2.45) is 5.92 Å². The highest BCUT2D eigenvalue weighted by Crippen LogP contribution is 2.27. The van der Waals surface area contributed by atoms with Crippen molar-refractivity contribution in [3.63, 3.8) is 0 Å². The molecule has 6 nitrogen and oxygen atoms in total. The first-order valence-corrected chi connectivity index (χ1v) is 9.12. The Morgan fingerprint density at radius 2 is 2.08 bits per heavy atom. The van der Waals surface area contributed by atoms with Crippen molar-refractivity contribution in [1.82, 2.24) is 10.3 Å². The molecule has 1 fully saturated rings. The highest BCUT2D eigenvalue weighted by atomic mass is 32.1. The van der Waals surface area contributed by atoms with Gasteiger partial charge in [0.1, 0.15) is 28.1 Å². The Morgan fingerprint density at radius 1 is 1.35 bits per heavy atom. The van der Waals surface area contributed by atoms with E-state index in [4.69, 9.17) is 9.84 Å². The van der Waals surface area contributed by atoms with Crippen LogP contribution in [-0.4, -0.2) is 28.0 Å².